The molecule has 0 aromatic heterocycles. The van der Waals surface area contributed by atoms with Gasteiger partial charge >= 0.3 is 5.97 Å². The van der Waals surface area contributed by atoms with Gasteiger partial charge in [-0.2, -0.15) is 0 Å². The fourth-order valence-electron chi connectivity index (χ4n) is 2.33. The van der Waals surface area contributed by atoms with Crippen LogP contribution in [-0.2, 0) is 4.74 Å². The van der Waals surface area contributed by atoms with E-state index in [4.69, 9.17) is 10.5 Å². The summed E-state index contributed by atoms with van der Waals surface area (Å²) in [5.41, 5.74) is 7.91. The number of carbonyl (C=O) groups excluding carboxylic acids is 1. The molecule has 4 nitrogen and oxygen atoms in total. The zero-order valence-electron chi connectivity index (χ0n) is 11.0. The van der Waals surface area contributed by atoms with Crippen LogP contribution in [0.25, 0.3) is 0 Å². The summed E-state index contributed by atoms with van der Waals surface area (Å²) in [7, 11) is 3.39. The number of methoxy groups -OCH3 is 1. The van der Waals surface area contributed by atoms with Crippen molar-refractivity contribution >= 4 is 17.3 Å². The molecule has 0 amide bonds. The molecular weight excluding hydrogens is 228 g/mol. The summed E-state index contributed by atoms with van der Waals surface area (Å²) in [5, 5.41) is 0. The molecule has 1 aromatic rings. The highest BCUT2D eigenvalue weighted by molar-refractivity contribution is 5.98. The first-order valence-electron chi connectivity index (χ1n) is 6.31. The van der Waals surface area contributed by atoms with E-state index in [1.165, 1.54) is 26.4 Å². The van der Waals surface area contributed by atoms with Crippen molar-refractivity contribution in [1.29, 1.82) is 0 Å². The van der Waals surface area contributed by atoms with Gasteiger partial charge in [-0.3, -0.25) is 0 Å². The van der Waals surface area contributed by atoms with Crippen molar-refractivity contribution < 1.29 is 9.53 Å². The third-order valence-electron chi connectivity index (χ3n) is 3.66. The summed E-state index contributed by atoms with van der Waals surface area (Å²) < 4.78 is 4.73. The zero-order valence-corrected chi connectivity index (χ0v) is 11.0. The summed E-state index contributed by atoms with van der Waals surface area (Å²) in [6.07, 6.45) is 3.91. The Morgan fingerprint density at radius 2 is 2.22 bits per heavy atom. The van der Waals surface area contributed by atoms with E-state index in [0.29, 0.717) is 11.3 Å². The van der Waals surface area contributed by atoms with Gasteiger partial charge in [0.15, 0.2) is 0 Å². The lowest BCUT2D eigenvalue weighted by Crippen LogP contribution is -2.30. The second-order valence-corrected chi connectivity index (χ2v) is 4.91. The lowest BCUT2D eigenvalue weighted by Gasteiger charge is -2.32. The van der Waals surface area contributed by atoms with Crippen LogP contribution in [0.5, 0.6) is 0 Å². The Labute approximate surface area is 108 Å². The van der Waals surface area contributed by atoms with Gasteiger partial charge < -0.3 is 15.4 Å². The Morgan fingerprint density at radius 3 is 2.78 bits per heavy atom. The van der Waals surface area contributed by atoms with Crippen molar-refractivity contribution in [3.8, 4) is 0 Å². The Hall–Kier alpha value is -1.71. The van der Waals surface area contributed by atoms with Crippen LogP contribution in [0.3, 0.4) is 0 Å². The molecule has 98 valence electrons. The van der Waals surface area contributed by atoms with Crippen LogP contribution < -0.4 is 10.6 Å². The number of nitrogens with two attached hydrogens (primary N) is 1. The van der Waals surface area contributed by atoms with Crippen molar-refractivity contribution in [3.05, 3.63) is 23.8 Å². The number of hydrogen-bond acceptors (Lipinski definition) is 4. The number of anilines is 2. The van der Waals surface area contributed by atoms with Crippen LogP contribution >= 0.6 is 0 Å². The number of rotatable bonds is 4. The molecule has 0 bridgehead atoms. The summed E-state index contributed by atoms with van der Waals surface area (Å²) >= 11 is 0. The fourth-order valence-corrected chi connectivity index (χ4v) is 2.33. The largest absolute Gasteiger partial charge is 0.465 e. The van der Waals surface area contributed by atoms with E-state index in [9.17, 15) is 4.79 Å². The molecule has 1 aliphatic rings. The second-order valence-electron chi connectivity index (χ2n) is 4.91. The van der Waals surface area contributed by atoms with E-state index in [-0.39, 0.29) is 5.97 Å². The monoisotopic (exact) mass is 248 g/mol. The molecule has 0 radical (unpaired) electrons. The molecule has 2 N–H and O–H groups in total. The SMILES string of the molecule is COC(=O)c1cccc(N(C)CC2CCC2)c1N. The average Bonchev–Trinajstić information content (AvgIpc) is 2.33. The quantitative estimate of drug-likeness (QED) is 0.656. The number of ether oxygens (including phenoxy) is 1. The number of nitrogens with zero attached hydrogens (tertiary/aromatic N) is 1. The lowest BCUT2D eigenvalue weighted by atomic mass is 9.85. The second kappa shape index (κ2) is 5.29. The summed E-state index contributed by atoms with van der Waals surface area (Å²) in [5.74, 6) is 0.377. The Kier molecular flexibility index (Phi) is 3.75. The minimum Gasteiger partial charge on any atom is -0.465 e. The van der Waals surface area contributed by atoms with Crippen molar-refractivity contribution in [2.24, 2.45) is 5.92 Å². The molecule has 0 unspecified atom stereocenters. The molecular formula is C14H20N2O2. The number of carbonyl (C=O) groups is 1. The first-order valence-corrected chi connectivity index (χ1v) is 6.31. The van der Waals surface area contributed by atoms with Gasteiger partial charge in [-0.15, -0.1) is 0 Å². The van der Waals surface area contributed by atoms with E-state index in [2.05, 4.69) is 4.90 Å². The minimum absolute atomic E-state index is 0.383. The van der Waals surface area contributed by atoms with E-state index in [0.717, 1.165) is 18.2 Å². The van der Waals surface area contributed by atoms with E-state index in [1.54, 1.807) is 6.07 Å². The first-order chi connectivity index (χ1) is 8.63. The molecule has 1 aliphatic carbocycles. The number of esters is 1. The van der Waals surface area contributed by atoms with Gasteiger partial charge in [-0.25, -0.2) is 4.79 Å². The minimum atomic E-state index is -0.383. The molecule has 0 atom stereocenters. The highest BCUT2D eigenvalue weighted by Gasteiger charge is 2.21. The maximum atomic E-state index is 11.6. The van der Waals surface area contributed by atoms with Crippen molar-refractivity contribution in [1.82, 2.24) is 0 Å². The summed E-state index contributed by atoms with van der Waals surface area (Å²) in [6, 6.07) is 5.48. The maximum Gasteiger partial charge on any atom is 0.340 e. The molecule has 0 saturated heterocycles. The molecule has 1 fully saturated rings. The third kappa shape index (κ3) is 2.42. The van der Waals surface area contributed by atoms with Crippen molar-refractivity contribution in [2.45, 2.75) is 19.3 Å². The van der Waals surface area contributed by atoms with Gasteiger partial charge in [0.1, 0.15) is 0 Å². The zero-order chi connectivity index (χ0) is 13.1. The van der Waals surface area contributed by atoms with Crippen molar-refractivity contribution in [2.75, 3.05) is 31.3 Å². The highest BCUT2D eigenvalue weighted by atomic mass is 16.5. The van der Waals surface area contributed by atoms with Crippen LogP contribution in [0.4, 0.5) is 11.4 Å². The predicted octanol–water partition coefficient (Wildman–Crippen LogP) is 2.29. The molecule has 2 rings (SSSR count). The molecule has 0 aliphatic heterocycles. The van der Waals surface area contributed by atoms with Crippen molar-refractivity contribution in [3.63, 3.8) is 0 Å². The highest BCUT2D eigenvalue weighted by Crippen LogP contribution is 2.31. The topological polar surface area (TPSA) is 55.6 Å². The normalized spacial score (nSPS) is 15.0. The molecule has 0 heterocycles. The van der Waals surface area contributed by atoms with E-state index >= 15 is 0 Å². The molecule has 1 saturated carbocycles. The van der Waals surface area contributed by atoms with Gasteiger partial charge in [0.2, 0.25) is 0 Å². The van der Waals surface area contributed by atoms with Gasteiger partial charge in [0, 0.05) is 13.6 Å². The maximum absolute atomic E-state index is 11.6. The van der Waals surface area contributed by atoms with E-state index < -0.39 is 0 Å². The number of hydrogen-bond donors (Lipinski definition) is 1. The molecule has 0 spiro atoms. The Balaban J connectivity index is 2.18. The number of para-hydroxylation sites is 1. The van der Waals surface area contributed by atoms with Gasteiger partial charge in [-0.1, -0.05) is 12.5 Å². The molecule has 1 aromatic carbocycles. The van der Waals surface area contributed by atoms with Crippen LogP contribution in [0, 0.1) is 5.92 Å². The fraction of sp³-hybridized carbons (Fsp3) is 0.500. The van der Waals surface area contributed by atoms with Gasteiger partial charge in [0.25, 0.3) is 0 Å². The number of benzene rings is 1. The first kappa shape index (κ1) is 12.7. The average molecular weight is 248 g/mol. The summed E-state index contributed by atoms with van der Waals surface area (Å²) in [6.45, 7) is 0.995. The molecule has 18 heavy (non-hydrogen) atoms. The lowest BCUT2D eigenvalue weighted by molar-refractivity contribution is 0.0602. The van der Waals surface area contributed by atoms with Crippen LogP contribution in [0.1, 0.15) is 29.6 Å². The standard InChI is InChI=1S/C14H20N2O2/c1-16(9-10-5-3-6-10)12-8-4-7-11(13(12)15)14(17)18-2/h4,7-8,10H,3,5-6,9,15H2,1-2H3. The smallest absolute Gasteiger partial charge is 0.340 e. The van der Waals surface area contributed by atoms with Gasteiger partial charge in [0.05, 0.1) is 24.0 Å². The van der Waals surface area contributed by atoms with Gasteiger partial charge in [-0.05, 0) is 30.9 Å². The van der Waals surface area contributed by atoms with Crippen LogP contribution in [0.2, 0.25) is 0 Å². The van der Waals surface area contributed by atoms with Crippen LogP contribution in [0.15, 0.2) is 18.2 Å². The third-order valence-corrected chi connectivity index (χ3v) is 3.66. The predicted molar refractivity (Wildman–Crippen MR) is 72.8 cm³/mol. The Bertz CT molecular complexity index is 441. The Morgan fingerprint density at radius 1 is 1.50 bits per heavy atom. The summed E-state index contributed by atoms with van der Waals surface area (Å²) in [4.78, 5) is 13.7. The molecule has 4 heteroatoms. The number of nitrogen functional groups attached to an aromatic ring is 1. The van der Waals surface area contributed by atoms with E-state index in [1.807, 2.05) is 19.2 Å². The van der Waals surface area contributed by atoms with Crippen LogP contribution in [-0.4, -0.2) is 26.7 Å².